The van der Waals surface area contributed by atoms with Crippen LogP contribution in [0.5, 0.6) is 0 Å². The Balaban J connectivity index is 1.64. The lowest BCUT2D eigenvalue weighted by atomic mass is 10.3. The summed E-state index contributed by atoms with van der Waals surface area (Å²) < 4.78 is 7.68. The van der Waals surface area contributed by atoms with Crippen molar-refractivity contribution >= 4 is 0 Å². The van der Waals surface area contributed by atoms with Crippen molar-refractivity contribution in [1.82, 2.24) is 9.88 Å². The maximum atomic E-state index is 5.47. The fraction of sp³-hybridized carbons (Fsp3) is 0.692. The Hall–Kier alpha value is -0.800. The van der Waals surface area contributed by atoms with Crippen LogP contribution >= 0.6 is 0 Å². The van der Waals surface area contributed by atoms with Crippen molar-refractivity contribution in [2.75, 3.05) is 13.2 Å². The van der Waals surface area contributed by atoms with Crippen molar-refractivity contribution in [2.45, 2.75) is 45.3 Å². The summed E-state index contributed by atoms with van der Waals surface area (Å²) in [5.41, 5.74) is 1.38. The summed E-state index contributed by atoms with van der Waals surface area (Å²) in [6.07, 6.45) is 8.16. The van der Waals surface area contributed by atoms with Crippen LogP contribution in [0.1, 0.15) is 31.7 Å². The second-order valence-corrected chi connectivity index (χ2v) is 4.53. The number of aromatic nitrogens is 1. The fourth-order valence-electron chi connectivity index (χ4n) is 1.70. The third-order valence-corrected chi connectivity index (χ3v) is 2.83. The highest BCUT2D eigenvalue weighted by Crippen LogP contribution is 2.19. The Morgan fingerprint density at radius 1 is 1.44 bits per heavy atom. The van der Waals surface area contributed by atoms with Gasteiger partial charge in [-0.25, -0.2) is 0 Å². The Morgan fingerprint density at radius 2 is 2.31 bits per heavy atom. The standard InChI is InChI=1S/C13H22N2O/c1-2-8-16-9-7-15-6-5-12(11-15)10-14-13-3-4-13/h5-6,11,13-14H,2-4,7-10H2,1H3. The lowest BCUT2D eigenvalue weighted by molar-refractivity contribution is 0.127. The lowest BCUT2D eigenvalue weighted by Crippen LogP contribution is -2.14. The van der Waals surface area contributed by atoms with Gasteiger partial charge in [0.05, 0.1) is 6.61 Å². The van der Waals surface area contributed by atoms with Gasteiger partial charge < -0.3 is 14.6 Å². The first-order valence-corrected chi connectivity index (χ1v) is 6.34. The van der Waals surface area contributed by atoms with Crippen molar-refractivity contribution in [3.63, 3.8) is 0 Å². The first kappa shape index (κ1) is 11.7. The highest BCUT2D eigenvalue weighted by Gasteiger charge is 2.19. The number of rotatable bonds is 8. The molecule has 90 valence electrons. The molecule has 0 unspecified atom stereocenters. The molecule has 1 fully saturated rings. The van der Waals surface area contributed by atoms with Gasteiger partial charge in [0.25, 0.3) is 0 Å². The van der Waals surface area contributed by atoms with E-state index in [1.54, 1.807) is 0 Å². The molecular weight excluding hydrogens is 200 g/mol. The van der Waals surface area contributed by atoms with Gasteiger partial charge in [0.1, 0.15) is 0 Å². The molecule has 1 aliphatic rings. The van der Waals surface area contributed by atoms with E-state index < -0.39 is 0 Å². The molecule has 3 heteroatoms. The van der Waals surface area contributed by atoms with Gasteiger partial charge in [-0.15, -0.1) is 0 Å². The van der Waals surface area contributed by atoms with E-state index in [2.05, 4.69) is 35.3 Å². The Kier molecular flexibility index (Phi) is 4.43. The number of ether oxygens (including phenoxy) is 1. The predicted octanol–water partition coefficient (Wildman–Crippen LogP) is 2.17. The Bertz CT molecular complexity index is 305. The molecule has 1 saturated carbocycles. The molecule has 0 atom stereocenters. The number of nitrogens with one attached hydrogen (secondary N) is 1. The molecule has 0 amide bonds. The van der Waals surface area contributed by atoms with Crippen LogP contribution in [0.15, 0.2) is 18.5 Å². The molecule has 0 saturated heterocycles. The van der Waals surface area contributed by atoms with Gasteiger partial charge in [0.15, 0.2) is 0 Å². The molecule has 0 spiro atoms. The molecule has 0 bridgehead atoms. The zero-order valence-electron chi connectivity index (χ0n) is 10.1. The molecule has 3 nitrogen and oxygen atoms in total. The molecule has 0 aromatic carbocycles. The second-order valence-electron chi connectivity index (χ2n) is 4.53. The van der Waals surface area contributed by atoms with Gasteiger partial charge >= 0.3 is 0 Å². The number of hydrogen-bond acceptors (Lipinski definition) is 2. The van der Waals surface area contributed by atoms with Crippen molar-refractivity contribution in [2.24, 2.45) is 0 Å². The van der Waals surface area contributed by atoms with Crippen LogP contribution < -0.4 is 5.32 Å². The predicted molar refractivity (Wildman–Crippen MR) is 65.4 cm³/mol. The van der Waals surface area contributed by atoms with Gasteiger partial charge in [-0.05, 0) is 30.9 Å². The second kappa shape index (κ2) is 6.06. The molecular formula is C13H22N2O. The number of hydrogen-bond donors (Lipinski definition) is 1. The third-order valence-electron chi connectivity index (χ3n) is 2.83. The van der Waals surface area contributed by atoms with Crippen LogP contribution in [0.4, 0.5) is 0 Å². The van der Waals surface area contributed by atoms with E-state index in [4.69, 9.17) is 4.74 Å². The zero-order chi connectivity index (χ0) is 11.2. The quantitative estimate of drug-likeness (QED) is 0.682. The third kappa shape index (κ3) is 3.99. The molecule has 1 aromatic rings. The van der Waals surface area contributed by atoms with E-state index >= 15 is 0 Å². The molecule has 1 aliphatic carbocycles. The van der Waals surface area contributed by atoms with Gasteiger partial charge in [-0.3, -0.25) is 0 Å². The SMILES string of the molecule is CCCOCCn1ccc(CNC2CC2)c1. The fourth-order valence-corrected chi connectivity index (χ4v) is 1.70. The van der Waals surface area contributed by atoms with Crippen LogP contribution in [0.25, 0.3) is 0 Å². The van der Waals surface area contributed by atoms with E-state index in [-0.39, 0.29) is 0 Å². The highest BCUT2D eigenvalue weighted by atomic mass is 16.5. The Morgan fingerprint density at radius 3 is 3.06 bits per heavy atom. The van der Waals surface area contributed by atoms with Crippen LogP contribution in [0, 0.1) is 0 Å². The zero-order valence-corrected chi connectivity index (χ0v) is 10.1. The largest absolute Gasteiger partial charge is 0.380 e. The average molecular weight is 222 g/mol. The van der Waals surface area contributed by atoms with Crippen LogP contribution in [0.3, 0.4) is 0 Å². The molecule has 2 rings (SSSR count). The molecule has 1 aromatic heterocycles. The van der Waals surface area contributed by atoms with E-state index in [1.807, 2.05) is 0 Å². The minimum atomic E-state index is 0.788. The average Bonchev–Trinajstić information content (AvgIpc) is 3.02. The van der Waals surface area contributed by atoms with E-state index in [9.17, 15) is 0 Å². The summed E-state index contributed by atoms with van der Waals surface area (Å²) in [6.45, 7) is 5.80. The van der Waals surface area contributed by atoms with Crippen molar-refractivity contribution in [3.8, 4) is 0 Å². The number of nitrogens with zero attached hydrogens (tertiary/aromatic N) is 1. The first-order valence-electron chi connectivity index (χ1n) is 6.34. The first-order chi connectivity index (χ1) is 7.88. The Labute approximate surface area is 97.8 Å². The van der Waals surface area contributed by atoms with Gasteiger partial charge in [0.2, 0.25) is 0 Å². The van der Waals surface area contributed by atoms with Gasteiger partial charge in [-0.2, -0.15) is 0 Å². The van der Waals surface area contributed by atoms with E-state index in [0.29, 0.717) is 0 Å². The van der Waals surface area contributed by atoms with Crippen molar-refractivity contribution in [1.29, 1.82) is 0 Å². The summed E-state index contributed by atoms with van der Waals surface area (Å²) in [5.74, 6) is 0. The smallest absolute Gasteiger partial charge is 0.0645 e. The maximum absolute atomic E-state index is 5.47. The monoisotopic (exact) mass is 222 g/mol. The normalized spacial score (nSPS) is 15.6. The minimum Gasteiger partial charge on any atom is -0.380 e. The highest BCUT2D eigenvalue weighted by molar-refractivity contribution is 5.10. The molecule has 16 heavy (non-hydrogen) atoms. The van der Waals surface area contributed by atoms with Crippen LogP contribution in [0.2, 0.25) is 0 Å². The molecule has 1 heterocycles. The maximum Gasteiger partial charge on any atom is 0.0645 e. The van der Waals surface area contributed by atoms with Gasteiger partial charge in [-0.1, -0.05) is 6.92 Å². The van der Waals surface area contributed by atoms with Crippen LogP contribution in [-0.2, 0) is 17.8 Å². The summed E-state index contributed by atoms with van der Waals surface area (Å²) >= 11 is 0. The van der Waals surface area contributed by atoms with Crippen LogP contribution in [-0.4, -0.2) is 23.8 Å². The summed E-state index contributed by atoms with van der Waals surface area (Å²) in [5, 5.41) is 3.52. The molecule has 0 radical (unpaired) electrons. The topological polar surface area (TPSA) is 26.2 Å². The van der Waals surface area contributed by atoms with Gasteiger partial charge in [0, 0.05) is 38.1 Å². The summed E-state index contributed by atoms with van der Waals surface area (Å²) in [4.78, 5) is 0. The molecule has 0 aliphatic heterocycles. The lowest BCUT2D eigenvalue weighted by Gasteiger charge is -2.03. The van der Waals surface area contributed by atoms with Crippen molar-refractivity contribution < 1.29 is 4.74 Å². The minimum absolute atomic E-state index is 0.788. The van der Waals surface area contributed by atoms with E-state index in [0.717, 1.165) is 38.8 Å². The molecule has 1 N–H and O–H groups in total. The summed E-state index contributed by atoms with van der Waals surface area (Å²) in [7, 11) is 0. The van der Waals surface area contributed by atoms with E-state index in [1.165, 1.54) is 18.4 Å². The summed E-state index contributed by atoms with van der Waals surface area (Å²) in [6, 6.07) is 2.98. The van der Waals surface area contributed by atoms with Crippen molar-refractivity contribution in [3.05, 3.63) is 24.0 Å².